The van der Waals surface area contributed by atoms with Crippen LogP contribution in [0, 0.1) is 13.8 Å². The molecule has 1 aliphatic rings. The minimum atomic E-state index is 0.0190. The molecule has 112 valence electrons. The molecule has 0 saturated carbocycles. The number of anilines is 1. The standard InChI is InChI=1S/C14H25N5O/c1-4-18-7-5-12(6-8-18)16-13(20)9-19-11(3)14(15)10(2)17-19/h12H,4-9,15H2,1-3H3,(H,16,20). The second-order valence-corrected chi connectivity index (χ2v) is 5.52. The molecule has 1 aromatic heterocycles. The monoisotopic (exact) mass is 279 g/mol. The lowest BCUT2D eigenvalue weighted by atomic mass is 10.1. The van der Waals surface area contributed by atoms with Gasteiger partial charge < -0.3 is 16.0 Å². The maximum Gasteiger partial charge on any atom is 0.241 e. The third kappa shape index (κ3) is 3.30. The van der Waals surface area contributed by atoms with Crippen molar-refractivity contribution >= 4 is 11.6 Å². The van der Waals surface area contributed by atoms with Crippen molar-refractivity contribution in [3.05, 3.63) is 11.4 Å². The summed E-state index contributed by atoms with van der Waals surface area (Å²) in [5, 5.41) is 7.39. The number of amides is 1. The number of hydrogen-bond donors (Lipinski definition) is 2. The Bertz CT molecular complexity index is 474. The van der Waals surface area contributed by atoms with Crippen LogP contribution in [0.15, 0.2) is 0 Å². The van der Waals surface area contributed by atoms with E-state index in [0.29, 0.717) is 11.7 Å². The van der Waals surface area contributed by atoms with Gasteiger partial charge in [0.25, 0.3) is 0 Å². The van der Waals surface area contributed by atoms with Gasteiger partial charge in [-0.1, -0.05) is 6.92 Å². The molecule has 0 atom stereocenters. The highest BCUT2D eigenvalue weighted by Crippen LogP contribution is 2.14. The fraction of sp³-hybridized carbons (Fsp3) is 0.714. The van der Waals surface area contributed by atoms with E-state index in [1.54, 1.807) is 4.68 Å². The van der Waals surface area contributed by atoms with E-state index in [-0.39, 0.29) is 12.5 Å². The molecule has 0 radical (unpaired) electrons. The number of nitrogens with zero attached hydrogens (tertiary/aromatic N) is 3. The smallest absolute Gasteiger partial charge is 0.241 e. The Balaban J connectivity index is 1.85. The van der Waals surface area contributed by atoms with Crippen LogP contribution >= 0.6 is 0 Å². The Hall–Kier alpha value is -1.56. The third-order valence-corrected chi connectivity index (χ3v) is 4.13. The summed E-state index contributed by atoms with van der Waals surface area (Å²) < 4.78 is 1.68. The SMILES string of the molecule is CCN1CCC(NC(=O)Cn2nc(C)c(N)c2C)CC1. The summed E-state index contributed by atoms with van der Waals surface area (Å²) in [4.78, 5) is 14.5. The molecule has 6 nitrogen and oxygen atoms in total. The number of likely N-dealkylation sites (tertiary alicyclic amines) is 1. The van der Waals surface area contributed by atoms with E-state index in [9.17, 15) is 4.79 Å². The van der Waals surface area contributed by atoms with Gasteiger partial charge in [0.1, 0.15) is 6.54 Å². The predicted molar refractivity (Wildman–Crippen MR) is 79.4 cm³/mol. The molecular formula is C14H25N5O. The third-order valence-electron chi connectivity index (χ3n) is 4.13. The number of nitrogen functional groups attached to an aromatic ring is 1. The van der Waals surface area contributed by atoms with Crippen molar-refractivity contribution in [2.24, 2.45) is 0 Å². The van der Waals surface area contributed by atoms with Crippen LogP contribution in [-0.4, -0.2) is 46.3 Å². The first-order valence-electron chi connectivity index (χ1n) is 7.32. The summed E-state index contributed by atoms with van der Waals surface area (Å²) in [6, 6.07) is 0.291. The molecule has 6 heteroatoms. The molecule has 2 heterocycles. The number of nitrogens with two attached hydrogens (primary N) is 1. The van der Waals surface area contributed by atoms with Crippen LogP contribution in [0.1, 0.15) is 31.2 Å². The minimum Gasteiger partial charge on any atom is -0.396 e. The van der Waals surface area contributed by atoms with Crippen molar-refractivity contribution in [2.75, 3.05) is 25.4 Å². The van der Waals surface area contributed by atoms with Gasteiger partial charge >= 0.3 is 0 Å². The number of carbonyl (C=O) groups excluding carboxylic acids is 1. The van der Waals surface area contributed by atoms with Gasteiger partial charge in [0.05, 0.1) is 17.1 Å². The summed E-state index contributed by atoms with van der Waals surface area (Å²) in [5.41, 5.74) is 8.19. The summed E-state index contributed by atoms with van der Waals surface area (Å²) in [6.07, 6.45) is 2.05. The van der Waals surface area contributed by atoms with E-state index in [1.807, 2.05) is 13.8 Å². The van der Waals surface area contributed by atoms with Crippen molar-refractivity contribution in [1.29, 1.82) is 0 Å². The molecule has 1 saturated heterocycles. The predicted octanol–water partition coefficient (Wildman–Crippen LogP) is 0.683. The zero-order valence-electron chi connectivity index (χ0n) is 12.6. The van der Waals surface area contributed by atoms with Crippen LogP contribution in [0.25, 0.3) is 0 Å². The van der Waals surface area contributed by atoms with Gasteiger partial charge in [0.15, 0.2) is 0 Å². The fourth-order valence-electron chi connectivity index (χ4n) is 2.67. The van der Waals surface area contributed by atoms with Gasteiger partial charge in [0.2, 0.25) is 5.91 Å². The summed E-state index contributed by atoms with van der Waals surface area (Å²) in [7, 11) is 0. The normalized spacial score (nSPS) is 17.4. The average Bonchev–Trinajstić information content (AvgIpc) is 2.67. The Morgan fingerprint density at radius 2 is 2.05 bits per heavy atom. The number of piperidine rings is 1. The second kappa shape index (κ2) is 6.26. The van der Waals surface area contributed by atoms with Crippen molar-refractivity contribution < 1.29 is 4.79 Å². The van der Waals surface area contributed by atoms with Gasteiger partial charge in [-0.15, -0.1) is 0 Å². The number of hydrogen-bond acceptors (Lipinski definition) is 4. The van der Waals surface area contributed by atoms with Gasteiger partial charge in [-0.25, -0.2) is 0 Å². The van der Waals surface area contributed by atoms with Gasteiger partial charge in [0, 0.05) is 19.1 Å². The van der Waals surface area contributed by atoms with E-state index in [1.165, 1.54) is 0 Å². The highest BCUT2D eigenvalue weighted by molar-refractivity contribution is 5.76. The molecule has 1 aliphatic heterocycles. The number of aromatic nitrogens is 2. The van der Waals surface area contributed by atoms with Crippen LogP contribution in [0.3, 0.4) is 0 Å². The molecule has 2 rings (SSSR count). The lowest BCUT2D eigenvalue weighted by molar-refractivity contribution is -0.122. The molecule has 0 aromatic carbocycles. The van der Waals surface area contributed by atoms with Crippen LogP contribution in [-0.2, 0) is 11.3 Å². The van der Waals surface area contributed by atoms with E-state index >= 15 is 0 Å². The molecule has 1 amide bonds. The van der Waals surface area contributed by atoms with E-state index in [4.69, 9.17) is 5.73 Å². The first kappa shape index (κ1) is 14.8. The molecule has 1 fully saturated rings. The number of carbonyl (C=O) groups is 1. The lowest BCUT2D eigenvalue weighted by Gasteiger charge is -2.31. The average molecular weight is 279 g/mol. The van der Waals surface area contributed by atoms with Crippen molar-refractivity contribution in [3.8, 4) is 0 Å². The molecule has 1 aromatic rings. The number of aryl methyl sites for hydroxylation is 1. The van der Waals surface area contributed by atoms with Gasteiger partial charge in [-0.2, -0.15) is 5.10 Å². The summed E-state index contributed by atoms with van der Waals surface area (Å²) in [6.45, 7) is 9.39. The largest absolute Gasteiger partial charge is 0.396 e. The quantitative estimate of drug-likeness (QED) is 0.850. The Morgan fingerprint density at radius 1 is 1.40 bits per heavy atom. The van der Waals surface area contributed by atoms with Crippen LogP contribution in [0.5, 0.6) is 0 Å². The minimum absolute atomic E-state index is 0.0190. The number of rotatable bonds is 4. The molecular weight excluding hydrogens is 254 g/mol. The topological polar surface area (TPSA) is 76.2 Å². The van der Waals surface area contributed by atoms with E-state index in [2.05, 4.69) is 22.2 Å². The molecule has 0 spiro atoms. The van der Waals surface area contributed by atoms with Crippen molar-refractivity contribution in [2.45, 2.75) is 46.2 Å². The van der Waals surface area contributed by atoms with E-state index < -0.39 is 0 Å². The zero-order chi connectivity index (χ0) is 14.7. The highest BCUT2D eigenvalue weighted by atomic mass is 16.2. The molecule has 0 bridgehead atoms. The van der Waals surface area contributed by atoms with Crippen LogP contribution in [0.4, 0.5) is 5.69 Å². The van der Waals surface area contributed by atoms with Gasteiger partial charge in [-0.3, -0.25) is 9.48 Å². The van der Waals surface area contributed by atoms with Crippen LogP contribution in [0.2, 0.25) is 0 Å². The first-order valence-corrected chi connectivity index (χ1v) is 7.32. The lowest BCUT2D eigenvalue weighted by Crippen LogP contribution is -2.45. The molecule has 0 unspecified atom stereocenters. The summed E-state index contributed by atoms with van der Waals surface area (Å²) in [5.74, 6) is 0.0190. The van der Waals surface area contributed by atoms with Crippen molar-refractivity contribution in [1.82, 2.24) is 20.0 Å². The Kier molecular flexibility index (Phi) is 4.65. The second-order valence-electron chi connectivity index (χ2n) is 5.52. The molecule has 0 aliphatic carbocycles. The van der Waals surface area contributed by atoms with Crippen LogP contribution < -0.4 is 11.1 Å². The molecule has 20 heavy (non-hydrogen) atoms. The summed E-state index contributed by atoms with van der Waals surface area (Å²) >= 11 is 0. The Labute approximate surface area is 120 Å². The van der Waals surface area contributed by atoms with Crippen molar-refractivity contribution in [3.63, 3.8) is 0 Å². The fourth-order valence-corrected chi connectivity index (χ4v) is 2.67. The first-order chi connectivity index (χ1) is 9.51. The number of nitrogens with one attached hydrogen (secondary N) is 1. The maximum absolute atomic E-state index is 12.1. The maximum atomic E-state index is 12.1. The van der Waals surface area contributed by atoms with E-state index in [0.717, 1.165) is 43.9 Å². The highest BCUT2D eigenvalue weighted by Gasteiger charge is 2.20. The Morgan fingerprint density at radius 3 is 2.55 bits per heavy atom. The van der Waals surface area contributed by atoms with Gasteiger partial charge in [-0.05, 0) is 33.2 Å². The zero-order valence-corrected chi connectivity index (χ0v) is 12.6. The molecule has 3 N–H and O–H groups in total.